The van der Waals surface area contributed by atoms with Crippen LogP contribution in [0.5, 0.6) is 0 Å². The second-order valence-electron chi connectivity index (χ2n) is 18.3. The zero-order valence-electron chi connectivity index (χ0n) is 35.3. The number of aromatic nitrogens is 6. The molecule has 0 atom stereocenters. The quantitative estimate of drug-likeness (QED) is 0.159. The largest absolute Gasteiger partial charge is 0.208 e. The molecule has 2 aromatic heterocycles. The Morgan fingerprint density at radius 1 is 0.281 bits per heavy atom. The lowest BCUT2D eigenvalue weighted by Gasteiger charge is -2.61. The molecule has 306 valence electrons. The van der Waals surface area contributed by atoms with Gasteiger partial charge in [0.1, 0.15) is 0 Å². The Morgan fingerprint density at radius 3 is 1.14 bits per heavy atom. The summed E-state index contributed by atoms with van der Waals surface area (Å²) in [4.78, 5) is 31.1. The van der Waals surface area contributed by atoms with Crippen LogP contribution in [0.3, 0.4) is 0 Å². The zero-order valence-corrected chi connectivity index (χ0v) is 35.3. The van der Waals surface area contributed by atoms with Gasteiger partial charge in [-0.15, -0.1) is 0 Å². The maximum atomic E-state index is 5.27. The number of hydrogen-bond acceptors (Lipinski definition) is 6. The van der Waals surface area contributed by atoms with E-state index in [9.17, 15) is 0 Å². The molecule has 4 fully saturated rings. The summed E-state index contributed by atoms with van der Waals surface area (Å²) in [5.41, 5.74) is 13.5. The van der Waals surface area contributed by atoms with Gasteiger partial charge in [-0.1, -0.05) is 164 Å². The van der Waals surface area contributed by atoms with Crippen LogP contribution >= 0.6 is 0 Å². The maximum absolute atomic E-state index is 5.27. The standard InChI is InChI=1S/C58H44N6/c1-5-15-38(16-6-1)52-59-53(39-17-7-2-8-18-39)62-56(61-52)47-27-25-42(35-49(47)57-63-54(40-19-9-3-10-20-40)60-55(64-57)41-21-11-4-12-22-41)43-26-28-51-48(34-43)46-23-13-14-24-50(46)58(51)44-30-36-29-37(32-44)33-45(58)31-36/h1-28,34-37,44-45H,29-33H2. The third-order valence-electron chi connectivity index (χ3n) is 14.8. The van der Waals surface area contributed by atoms with E-state index in [-0.39, 0.29) is 5.41 Å². The number of nitrogens with zero attached hydrogens (tertiary/aromatic N) is 6. The summed E-state index contributed by atoms with van der Waals surface area (Å²) in [5, 5.41) is 0. The number of rotatable bonds is 7. The van der Waals surface area contributed by atoms with Crippen LogP contribution < -0.4 is 0 Å². The van der Waals surface area contributed by atoms with Gasteiger partial charge in [-0.05, 0) is 107 Å². The molecule has 14 rings (SSSR count). The Kier molecular flexibility index (Phi) is 8.61. The van der Waals surface area contributed by atoms with E-state index in [4.69, 9.17) is 29.9 Å². The Morgan fingerprint density at radius 2 is 0.656 bits per heavy atom. The topological polar surface area (TPSA) is 77.3 Å². The van der Waals surface area contributed by atoms with Crippen molar-refractivity contribution < 1.29 is 0 Å². The molecule has 0 unspecified atom stereocenters. The molecular formula is C58H44N6. The molecule has 0 aliphatic heterocycles. The van der Waals surface area contributed by atoms with Gasteiger partial charge in [0.25, 0.3) is 0 Å². The molecule has 0 N–H and O–H groups in total. The Labute approximate surface area is 373 Å². The van der Waals surface area contributed by atoms with Gasteiger partial charge in [0, 0.05) is 38.8 Å². The first-order chi connectivity index (χ1) is 31.7. The molecule has 5 aliphatic rings. The highest BCUT2D eigenvalue weighted by Crippen LogP contribution is 2.69. The van der Waals surface area contributed by atoms with Gasteiger partial charge in [0.05, 0.1) is 0 Å². The predicted molar refractivity (Wildman–Crippen MR) is 255 cm³/mol. The van der Waals surface area contributed by atoms with Crippen molar-refractivity contribution in [3.63, 3.8) is 0 Å². The molecule has 5 aliphatic carbocycles. The van der Waals surface area contributed by atoms with Crippen molar-refractivity contribution in [3.8, 4) is 90.6 Å². The molecular weight excluding hydrogens is 781 g/mol. The van der Waals surface area contributed by atoms with Crippen molar-refractivity contribution in [1.29, 1.82) is 0 Å². The molecule has 6 nitrogen and oxygen atoms in total. The van der Waals surface area contributed by atoms with Gasteiger partial charge < -0.3 is 0 Å². The lowest BCUT2D eigenvalue weighted by Crippen LogP contribution is -2.55. The van der Waals surface area contributed by atoms with Gasteiger partial charge in [-0.2, -0.15) is 0 Å². The first-order valence-electron chi connectivity index (χ1n) is 22.8. The lowest BCUT2D eigenvalue weighted by atomic mass is 9.43. The third-order valence-corrected chi connectivity index (χ3v) is 14.8. The van der Waals surface area contributed by atoms with E-state index >= 15 is 0 Å². The Bertz CT molecular complexity index is 3080. The summed E-state index contributed by atoms with van der Waals surface area (Å²) in [7, 11) is 0. The number of benzene rings is 7. The highest BCUT2D eigenvalue weighted by atomic mass is 15.1. The molecule has 4 bridgehead atoms. The van der Waals surface area contributed by atoms with Gasteiger partial charge >= 0.3 is 0 Å². The van der Waals surface area contributed by atoms with Crippen LogP contribution in [0.15, 0.2) is 182 Å². The monoisotopic (exact) mass is 824 g/mol. The van der Waals surface area contributed by atoms with Gasteiger partial charge in [0.15, 0.2) is 34.9 Å². The van der Waals surface area contributed by atoms with Crippen molar-refractivity contribution >= 4 is 0 Å². The van der Waals surface area contributed by atoms with Crippen molar-refractivity contribution in [3.05, 3.63) is 193 Å². The maximum Gasteiger partial charge on any atom is 0.164 e. The zero-order chi connectivity index (χ0) is 42.2. The highest BCUT2D eigenvalue weighted by Gasteiger charge is 2.61. The summed E-state index contributed by atoms with van der Waals surface area (Å²) in [5.74, 6) is 6.72. The molecule has 7 aromatic carbocycles. The van der Waals surface area contributed by atoms with Gasteiger partial charge in [-0.3, -0.25) is 0 Å². The minimum atomic E-state index is 0.116. The lowest BCUT2D eigenvalue weighted by molar-refractivity contribution is -0.0399. The molecule has 1 spiro atoms. The fourth-order valence-electron chi connectivity index (χ4n) is 12.3. The van der Waals surface area contributed by atoms with E-state index in [2.05, 4.69) is 60.7 Å². The number of fused-ring (bicyclic) bond motifs is 3. The van der Waals surface area contributed by atoms with Crippen LogP contribution in [0, 0.1) is 23.7 Å². The molecule has 9 aromatic rings. The second kappa shape index (κ2) is 14.8. The van der Waals surface area contributed by atoms with Crippen molar-refractivity contribution in [2.24, 2.45) is 23.7 Å². The van der Waals surface area contributed by atoms with E-state index in [0.29, 0.717) is 46.8 Å². The van der Waals surface area contributed by atoms with E-state index in [1.807, 2.05) is 121 Å². The summed E-state index contributed by atoms with van der Waals surface area (Å²) in [6.45, 7) is 0. The molecule has 0 saturated heterocycles. The van der Waals surface area contributed by atoms with Crippen LogP contribution in [0.4, 0.5) is 0 Å². The second-order valence-corrected chi connectivity index (χ2v) is 18.3. The van der Waals surface area contributed by atoms with E-state index < -0.39 is 0 Å². The van der Waals surface area contributed by atoms with Crippen LogP contribution in [-0.4, -0.2) is 29.9 Å². The summed E-state index contributed by atoms with van der Waals surface area (Å²) in [6.07, 6.45) is 6.91. The Balaban J connectivity index is 1.03. The molecule has 4 saturated carbocycles. The normalized spacial score (nSPS) is 21.2. The molecule has 64 heavy (non-hydrogen) atoms. The third kappa shape index (κ3) is 6.00. The highest BCUT2D eigenvalue weighted by molar-refractivity contribution is 5.88. The SMILES string of the molecule is c1ccc(-c2nc(-c3ccccc3)nc(-c3ccc(-c4ccc5c(c4)-c4ccccc4C54C5CC6CC(C5)CC4C6)cc3-c3nc(-c4ccccc4)nc(-c4ccccc4)n3)n2)cc1. The van der Waals surface area contributed by atoms with Crippen molar-refractivity contribution in [2.75, 3.05) is 0 Å². The number of hydrogen-bond donors (Lipinski definition) is 0. The summed E-state index contributed by atoms with van der Waals surface area (Å²) < 4.78 is 0. The minimum absolute atomic E-state index is 0.116. The molecule has 6 heteroatoms. The summed E-state index contributed by atoms with van der Waals surface area (Å²) in [6, 6.07) is 63.9. The fraction of sp³-hybridized carbons (Fsp3) is 0.172. The smallest absolute Gasteiger partial charge is 0.164 e. The average molecular weight is 825 g/mol. The van der Waals surface area contributed by atoms with Crippen LogP contribution in [0.1, 0.15) is 43.2 Å². The van der Waals surface area contributed by atoms with E-state index in [0.717, 1.165) is 56.3 Å². The Hall–Kier alpha value is -7.44. The van der Waals surface area contributed by atoms with Crippen molar-refractivity contribution in [1.82, 2.24) is 29.9 Å². The fourth-order valence-corrected chi connectivity index (χ4v) is 12.3. The predicted octanol–water partition coefficient (Wildman–Crippen LogP) is 13.4. The van der Waals surface area contributed by atoms with Crippen LogP contribution in [0.2, 0.25) is 0 Å². The first-order valence-corrected chi connectivity index (χ1v) is 22.8. The van der Waals surface area contributed by atoms with E-state index in [1.165, 1.54) is 43.2 Å². The summed E-state index contributed by atoms with van der Waals surface area (Å²) >= 11 is 0. The molecule has 0 amide bonds. The molecule has 2 heterocycles. The average Bonchev–Trinajstić information content (AvgIpc) is 3.66. The van der Waals surface area contributed by atoms with Gasteiger partial charge in [-0.25, -0.2) is 29.9 Å². The van der Waals surface area contributed by atoms with Gasteiger partial charge in [0.2, 0.25) is 0 Å². The van der Waals surface area contributed by atoms with Crippen LogP contribution in [0.25, 0.3) is 90.6 Å². The first kappa shape index (κ1) is 37.1. The van der Waals surface area contributed by atoms with Crippen LogP contribution in [-0.2, 0) is 5.41 Å². The molecule has 0 radical (unpaired) electrons. The van der Waals surface area contributed by atoms with Crippen molar-refractivity contribution in [2.45, 2.75) is 37.5 Å². The minimum Gasteiger partial charge on any atom is -0.208 e. The van der Waals surface area contributed by atoms with E-state index in [1.54, 1.807) is 11.1 Å².